The van der Waals surface area contributed by atoms with Crippen LogP contribution in [0.5, 0.6) is 0 Å². The van der Waals surface area contributed by atoms with Crippen molar-refractivity contribution < 1.29 is 9.63 Å². The third-order valence-corrected chi connectivity index (χ3v) is 7.83. The van der Waals surface area contributed by atoms with Crippen LogP contribution in [0.4, 0.5) is 0 Å². The van der Waals surface area contributed by atoms with Gasteiger partial charge in [0.1, 0.15) is 23.6 Å². The summed E-state index contributed by atoms with van der Waals surface area (Å²) in [6.07, 6.45) is 7.03. The van der Waals surface area contributed by atoms with Crippen LogP contribution >= 0.6 is 11.6 Å². The quantitative estimate of drug-likeness (QED) is 0.436. The molecule has 36 heavy (non-hydrogen) atoms. The molecule has 11 heteroatoms. The molecule has 1 aromatic carbocycles. The van der Waals surface area contributed by atoms with Gasteiger partial charge in [0, 0.05) is 32.1 Å². The topological polar surface area (TPSA) is 125 Å². The van der Waals surface area contributed by atoms with E-state index in [-0.39, 0.29) is 23.1 Å². The average molecular weight is 508 g/mol. The summed E-state index contributed by atoms with van der Waals surface area (Å²) < 4.78 is 8.86. The number of nitriles is 1. The van der Waals surface area contributed by atoms with Crippen LogP contribution < -0.4 is 5.56 Å². The Labute approximate surface area is 211 Å². The Morgan fingerprint density at radius 1 is 1.14 bits per heavy atom. The van der Waals surface area contributed by atoms with E-state index >= 15 is 0 Å². The lowest BCUT2D eigenvalue weighted by Crippen LogP contribution is -2.39. The van der Waals surface area contributed by atoms with Crippen molar-refractivity contribution in [3.8, 4) is 17.6 Å². The highest BCUT2D eigenvalue weighted by Gasteiger charge is 2.27. The van der Waals surface area contributed by atoms with Gasteiger partial charge in [-0.05, 0) is 37.8 Å². The second-order valence-electron chi connectivity index (χ2n) is 9.68. The van der Waals surface area contributed by atoms with Crippen molar-refractivity contribution >= 4 is 28.2 Å². The first-order chi connectivity index (χ1) is 17.5. The molecule has 1 saturated heterocycles. The second-order valence-corrected chi connectivity index (χ2v) is 10.1. The summed E-state index contributed by atoms with van der Waals surface area (Å²) in [7, 11) is 0. The molecule has 0 atom stereocenters. The van der Waals surface area contributed by atoms with Gasteiger partial charge < -0.3 is 19.1 Å². The van der Waals surface area contributed by atoms with Crippen LogP contribution in [-0.2, 0) is 6.54 Å². The Balaban J connectivity index is 1.49. The summed E-state index contributed by atoms with van der Waals surface area (Å²) in [4.78, 5) is 25.3. The normalized spacial score (nSPS) is 17.9. The molecule has 0 unspecified atom stereocenters. The van der Waals surface area contributed by atoms with Gasteiger partial charge in [-0.3, -0.25) is 9.20 Å². The van der Waals surface area contributed by atoms with E-state index in [1.807, 2.05) is 0 Å². The van der Waals surface area contributed by atoms with Crippen molar-refractivity contribution in [2.45, 2.75) is 57.1 Å². The van der Waals surface area contributed by atoms with Gasteiger partial charge in [-0.15, -0.1) is 0 Å². The first kappa shape index (κ1) is 23.2. The maximum atomic E-state index is 14.0. The molecule has 186 valence electrons. The van der Waals surface area contributed by atoms with Gasteiger partial charge in [0.05, 0.1) is 27.7 Å². The highest BCUT2D eigenvalue weighted by molar-refractivity contribution is 6.32. The molecule has 0 amide bonds. The number of likely N-dealkylation sites (tertiary alicyclic amines) is 1. The lowest BCUT2D eigenvalue weighted by Gasteiger charge is -2.29. The summed E-state index contributed by atoms with van der Waals surface area (Å²) in [5.74, 6) is 1.14. The van der Waals surface area contributed by atoms with Crippen LogP contribution in [0.25, 0.3) is 28.1 Å². The van der Waals surface area contributed by atoms with E-state index in [9.17, 15) is 15.2 Å². The highest BCUT2D eigenvalue weighted by atomic mass is 35.5. The minimum absolute atomic E-state index is 0.251. The zero-order valence-electron chi connectivity index (χ0n) is 19.7. The number of aromatic nitrogens is 5. The molecule has 3 aromatic heterocycles. The number of aliphatic hydroxyl groups excluding tert-OH is 1. The number of aliphatic hydroxyl groups is 1. The van der Waals surface area contributed by atoms with Gasteiger partial charge in [-0.2, -0.15) is 10.2 Å². The van der Waals surface area contributed by atoms with Gasteiger partial charge in [0.2, 0.25) is 11.7 Å². The van der Waals surface area contributed by atoms with Crippen LogP contribution in [0, 0.1) is 11.3 Å². The average Bonchev–Trinajstić information content (AvgIpc) is 3.65. The molecule has 4 aromatic rings. The number of benzene rings is 1. The number of piperidine rings is 1. The van der Waals surface area contributed by atoms with Gasteiger partial charge in [-0.25, -0.2) is 4.98 Å². The number of hydrogen-bond donors (Lipinski definition) is 1. The fraction of sp³-hybridized carbons (Fsp3) is 0.480. The van der Waals surface area contributed by atoms with E-state index < -0.39 is 0 Å². The molecule has 6 rings (SSSR count). The summed E-state index contributed by atoms with van der Waals surface area (Å²) >= 11 is 6.38. The van der Waals surface area contributed by atoms with Gasteiger partial charge in [0.25, 0.3) is 5.56 Å². The summed E-state index contributed by atoms with van der Waals surface area (Å²) in [5, 5.41) is 24.2. The monoisotopic (exact) mass is 507 g/mol. The molecule has 4 heterocycles. The van der Waals surface area contributed by atoms with E-state index in [0.29, 0.717) is 64.9 Å². The Hall–Kier alpha value is -3.26. The molecular formula is C25H26ClN7O3. The number of rotatable bonds is 5. The highest BCUT2D eigenvalue weighted by Crippen LogP contribution is 2.34. The van der Waals surface area contributed by atoms with Crippen LogP contribution in [0.1, 0.15) is 55.9 Å². The third-order valence-electron chi connectivity index (χ3n) is 7.52. The fourth-order valence-corrected chi connectivity index (χ4v) is 5.72. The lowest BCUT2D eigenvalue weighted by atomic mass is 10.1. The molecule has 1 saturated carbocycles. The van der Waals surface area contributed by atoms with E-state index in [2.05, 4.69) is 26.1 Å². The molecule has 0 radical (unpaired) electrons. The second kappa shape index (κ2) is 9.32. The molecular weight excluding hydrogens is 482 g/mol. The van der Waals surface area contributed by atoms with Crippen molar-refractivity contribution in [1.82, 2.24) is 29.0 Å². The SMILES string of the molecule is N#Cc1c(Cl)ccc2c1n(CCN1CCC(O)CC1)c(=O)c1c(-c3noc(C4CCCC4)n3)ncn12. The van der Waals surface area contributed by atoms with Crippen molar-refractivity contribution in [3.63, 3.8) is 0 Å². The molecule has 0 bridgehead atoms. The number of hydrogen-bond acceptors (Lipinski definition) is 8. The first-order valence-electron chi connectivity index (χ1n) is 12.4. The zero-order valence-corrected chi connectivity index (χ0v) is 20.5. The van der Waals surface area contributed by atoms with Crippen molar-refractivity contribution in [3.05, 3.63) is 45.3 Å². The number of imidazole rings is 1. The zero-order chi connectivity index (χ0) is 24.8. The summed E-state index contributed by atoms with van der Waals surface area (Å²) in [5.41, 5.74) is 1.78. The number of nitrogens with zero attached hydrogens (tertiary/aromatic N) is 7. The molecule has 2 fully saturated rings. The van der Waals surface area contributed by atoms with E-state index in [4.69, 9.17) is 16.1 Å². The number of halogens is 1. The van der Waals surface area contributed by atoms with Gasteiger partial charge >= 0.3 is 0 Å². The Bertz CT molecular complexity index is 1540. The van der Waals surface area contributed by atoms with E-state index in [1.165, 1.54) is 0 Å². The third kappa shape index (κ3) is 3.88. The standard InChI is InChI=1S/C25H26ClN7O3/c26-18-5-6-19-21(17(18)13-27)32(12-11-31-9-7-16(34)8-10-31)25(35)22-20(28-14-33(19)22)23-29-24(36-30-23)15-3-1-2-4-15/h5-6,14-16,34H,1-4,7-12H2. The Morgan fingerprint density at radius 3 is 2.67 bits per heavy atom. The Morgan fingerprint density at radius 2 is 1.92 bits per heavy atom. The van der Waals surface area contributed by atoms with Crippen LogP contribution in [0.3, 0.4) is 0 Å². The molecule has 1 N–H and O–H groups in total. The maximum absolute atomic E-state index is 14.0. The van der Waals surface area contributed by atoms with Crippen molar-refractivity contribution in [2.75, 3.05) is 19.6 Å². The van der Waals surface area contributed by atoms with Crippen LogP contribution in [-0.4, -0.2) is 59.8 Å². The number of fused-ring (bicyclic) bond motifs is 3. The molecule has 1 aliphatic carbocycles. The van der Waals surface area contributed by atoms with Crippen LogP contribution in [0.15, 0.2) is 27.8 Å². The largest absolute Gasteiger partial charge is 0.393 e. The van der Waals surface area contributed by atoms with E-state index in [0.717, 1.165) is 38.8 Å². The van der Waals surface area contributed by atoms with Gasteiger partial charge in [0.15, 0.2) is 0 Å². The minimum atomic E-state index is -0.293. The first-order valence-corrected chi connectivity index (χ1v) is 12.8. The van der Waals surface area contributed by atoms with Gasteiger partial charge in [-0.1, -0.05) is 29.6 Å². The smallest absolute Gasteiger partial charge is 0.277 e. The fourth-order valence-electron chi connectivity index (χ4n) is 5.53. The summed E-state index contributed by atoms with van der Waals surface area (Å²) in [6.45, 7) is 2.48. The lowest BCUT2D eigenvalue weighted by molar-refractivity contribution is 0.0810. The Kier molecular flexibility index (Phi) is 5.99. The maximum Gasteiger partial charge on any atom is 0.277 e. The summed E-state index contributed by atoms with van der Waals surface area (Å²) in [6, 6.07) is 5.63. The van der Waals surface area contributed by atoms with Crippen molar-refractivity contribution in [2.24, 2.45) is 0 Å². The predicted molar refractivity (Wildman–Crippen MR) is 133 cm³/mol. The molecule has 2 aliphatic rings. The minimum Gasteiger partial charge on any atom is -0.393 e. The molecule has 0 spiro atoms. The van der Waals surface area contributed by atoms with Crippen LogP contribution in [0.2, 0.25) is 5.02 Å². The molecule has 1 aliphatic heterocycles. The van der Waals surface area contributed by atoms with E-state index in [1.54, 1.807) is 27.4 Å². The molecule has 10 nitrogen and oxygen atoms in total. The van der Waals surface area contributed by atoms with Crippen molar-refractivity contribution in [1.29, 1.82) is 5.26 Å². The predicted octanol–water partition coefficient (Wildman–Crippen LogP) is 3.34.